The van der Waals surface area contributed by atoms with E-state index < -0.39 is 0 Å². The van der Waals surface area contributed by atoms with Crippen LogP contribution in [0.25, 0.3) is 0 Å². The molecule has 110 valence electrons. The standard InChI is InChI=1S/C17H37N/c1-4-7-8-9-10-11-12-13-15-17(14-5-2)18-16-6-3/h17-18H,4-16H2,1-3H3. The van der Waals surface area contributed by atoms with Gasteiger partial charge in [0.1, 0.15) is 0 Å². The van der Waals surface area contributed by atoms with Gasteiger partial charge >= 0.3 is 0 Å². The van der Waals surface area contributed by atoms with E-state index in [0.29, 0.717) is 0 Å². The second-order valence-electron chi connectivity index (χ2n) is 5.70. The van der Waals surface area contributed by atoms with Gasteiger partial charge in [-0.1, -0.05) is 78.6 Å². The molecule has 0 aromatic rings. The van der Waals surface area contributed by atoms with Crippen LogP contribution in [0, 0.1) is 0 Å². The van der Waals surface area contributed by atoms with E-state index in [1.165, 1.54) is 83.6 Å². The van der Waals surface area contributed by atoms with E-state index in [-0.39, 0.29) is 0 Å². The zero-order valence-electron chi connectivity index (χ0n) is 13.3. The summed E-state index contributed by atoms with van der Waals surface area (Å²) in [6.45, 7) is 8.04. The topological polar surface area (TPSA) is 12.0 Å². The summed E-state index contributed by atoms with van der Waals surface area (Å²) in [5.41, 5.74) is 0. The third-order valence-electron chi connectivity index (χ3n) is 3.73. The highest BCUT2D eigenvalue weighted by Gasteiger charge is 2.05. The summed E-state index contributed by atoms with van der Waals surface area (Å²) in [4.78, 5) is 0. The molecule has 0 saturated heterocycles. The zero-order chi connectivity index (χ0) is 13.5. The predicted molar refractivity (Wildman–Crippen MR) is 84.2 cm³/mol. The minimum absolute atomic E-state index is 0.787. The van der Waals surface area contributed by atoms with Gasteiger partial charge in [0, 0.05) is 6.04 Å². The van der Waals surface area contributed by atoms with Crippen LogP contribution in [0.2, 0.25) is 0 Å². The van der Waals surface area contributed by atoms with Crippen LogP contribution >= 0.6 is 0 Å². The summed E-state index contributed by atoms with van der Waals surface area (Å²) in [6, 6.07) is 0.787. The summed E-state index contributed by atoms with van der Waals surface area (Å²) in [6.07, 6.45) is 16.8. The first kappa shape index (κ1) is 18.0. The molecule has 1 nitrogen and oxygen atoms in total. The summed E-state index contributed by atoms with van der Waals surface area (Å²) in [7, 11) is 0. The molecule has 18 heavy (non-hydrogen) atoms. The second kappa shape index (κ2) is 15.0. The lowest BCUT2D eigenvalue weighted by atomic mass is 10.0. The monoisotopic (exact) mass is 255 g/mol. The molecule has 0 rings (SSSR count). The Bertz CT molecular complexity index is 145. The summed E-state index contributed by atoms with van der Waals surface area (Å²) < 4.78 is 0. The minimum Gasteiger partial charge on any atom is -0.314 e. The lowest BCUT2D eigenvalue weighted by Crippen LogP contribution is -2.29. The van der Waals surface area contributed by atoms with Crippen LogP contribution in [0.15, 0.2) is 0 Å². The molecule has 0 amide bonds. The molecule has 0 radical (unpaired) electrons. The highest BCUT2D eigenvalue weighted by atomic mass is 14.9. The molecule has 0 heterocycles. The predicted octanol–water partition coefficient (Wildman–Crippen LogP) is 5.69. The van der Waals surface area contributed by atoms with Gasteiger partial charge in [0.15, 0.2) is 0 Å². The number of unbranched alkanes of at least 4 members (excludes halogenated alkanes) is 7. The fraction of sp³-hybridized carbons (Fsp3) is 1.00. The molecule has 0 aromatic heterocycles. The fourth-order valence-electron chi connectivity index (χ4n) is 2.57. The largest absolute Gasteiger partial charge is 0.314 e. The van der Waals surface area contributed by atoms with Gasteiger partial charge in [-0.05, 0) is 25.8 Å². The number of nitrogens with one attached hydrogen (secondary N) is 1. The summed E-state index contributed by atoms with van der Waals surface area (Å²) in [5, 5.41) is 3.69. The van der Waals surface area contributed by atoms with Gasteiger partial charge in [-0.25, -0.2) is 0 Å². The fourth-order valence-corrected chi connectivity index (χ4v) is 2.57. The molecule has 1 atom stereocenters. The molecule has 0 fully saturated rings. The van der Waals surface area contributed by atoms with Gasteiger partial charge in [-0.3, -0.25) is 0 Å². The summed E-state index contributed by atoms with van der Waals surface area (Å²) in [5.74, 6) is 0. The third kappa shape index (κ3) is 12.4. The highest BCUT2D eigenvalue weighted by Crippen LogP contribution is 2.12. The van der Waals surface area contributed by atoms with Crippen LogP contribution in [0.1, 0.15) is 97.8 Å². The van der Waals surface area contributed by atoms with Gasteiger partial charge in [0.25, 0.3) is 0 Å². The van der Waals surface area contributed by atoms with Crippen LogP contribution < -0.4 is 5.32 Å². The second-order valence-corrected chi connectivity index (χ2v) is 5.70. The van der Waals surface area contributed by atoms with E-state index >= 15 is 0 Å². The molecule has 0 aromatic carbocycles. The van der Waals surface area contributed by atoms with Crippen molar-refractivity contribution in [1.29, 1.82) is 0 Å². The van der Waals surface area contributed by atoms with E-state index in [1.54, 1.807) is 0 Å². The Labute approximate surface area is 116 Å². The molecule has 0 saturated carbocycles. The Morgan fingerprint density at radius 1 is 0.611 bits per heavy atom. The quantitative estimate of drug-likeness (QED) is 0.393. The molecule has 0 bridgehead atoms. The molecule has 0 spiro atoms. The summed E-state index contributed by atoms with van der Waals surface area (Å²) >= 11 is 0. The van der Waals surface area contributed by atoms with Crippen molar-refractivity contribution < 1.29 is 0 Å². The maximum Gasteiger partial charge on any atom is 0.00669 e. The van der Waals surface area contributed by atoms with Gasteiger partial charge in [-0.15, -0.1) is 0 Å². The molecule has 1 unspecified atom stereocenters. The van der Waals surface area contributed by atoms with E-state index in [0.717, 1.165) is 6.04 Å². The Morgan fingerprint density at radius 3 is 1.78 bits per heavy atom. The molecular formula is C17H37N. The van der Waals surface area contributed by atoms with Gasteiger partial charge in [0.05, 0.1) is 0 Å². The maximum atomic E-state index is 3.69. The van der Waals surface area contributed by atoms with Crippen molar-refractivity contribution in [1.82, 2.24) is 5.32 Å². The third-order valence-corrected chi connectivity index (χ3v) is 3.73. The first-order chi connectivity index (χ1) is 8.85. The smallest absolute Gasteiger partial charge is 0.00669 e. The van der Waals surface area contributed by atoms with Crippen LogP contribution in [-0.4, -0.2) is 12.6 Å². The molecule has 0 aliphatic carbocycles. The lowest BCUT2D eigenvalue weighted by molar-refractivity contribution is 0.426. The highest BCUT2D eigenvalue weighted by molar-refractivity contribution is 4.66. The Hall–Kier alpha value is -0.0400. The van der Waals surface area contributed by atoms with Gasteiger partial charge < -0.3 is 5.32 Å². The van der Waals surface area contributed by atoms with Crippen LogP contribution in [-0.2, 0) is 0 Å². The maximum absolute atomic E-state index is 3.69. The van der Waals surface area contributed by atoms with Crippen molar-refractivity contribution in [2.45, 2.75) is 104 Å². The molecule has 1 N–H and O–H groups in total. The van der Waals surface area contributed by atoms with E-state index in [2.05, 4.69) is 26.1 Å². The number of hydrogen-bond donors (Lipinski definition) is 1. The van der Waals surface area contributed by atoms with Crippen molar-refractivity contribution in [2.24, 2.45) is 0 Å². The van der Waals surface area contributed by atoms with Crippen molar-refractivity contribution in [3.8, 4) is 0 Å². The Balaban J connectivity index is 3.31. The zero-order valence-corrected chi connectivity index (χ0v) is 13.3. The minimum atomic E-state index is 0.787. The SMILES string of the molecule is CCCCCCCCCCC(CCC)NCCC. The lowest BCUT2D eigenvalue weighted by Gasteiger charge is -2.17. The molecule has 1 heteroatoms. The average Bonchev–Trinajstić information content (AvgIpc) is 2.39. The molecular weight excluding hydrogens is 218 g/mol. The Morgan fingerprint density at radius 2 is 1.22 bits per heavy atom. The number of rotatable bonds is 14. The van der Waals surface area contributed by atoms with Crippen molar-refractivity contribution in [3.63, 3.8) is 0 Å². The molecule has 0 aliphatic heterocycles. The normalized spacial score (nSPS) is 12.8. The first-order valence-corrected chi connectivity index (χ1v) is 8.58. The average molecular weight is 255 g/mol. The van der Waals surface area contributed by atoms with E-state index in [4.69, 9.17) is 0 Å². The number of hydrogen-bond acceptors (Lipinski definition) is 1. The first-order valence-electron chi connectivity index (χ1n) is 8.58. The van der Waals surface area contributed by atoms with Gasteiger partial charge in [-0.2, -0.15) is 0 Å². The molecule has 0 aliphatic rings. The van der Waals surface area contributed by atoms with Crippen molar-refractivity contribution >= 4 is 0 Å². The van der Waals surface area contributed by atoms with Crippen LogP contribution in [0.3, 0.4) is 0 Å². The van der Waals surface area contributed by atoms with Crippen molar-refractivity contribution in [3.05, 3.63) is 0 Å². The van der Waals surface area contributed by atoms with Crippen LogP contribution in [0.4, 0.5) is 0 Å². The Kier molecular flexibility index (Phi) is 15.0. The van der Waals surface area contributed by atoms with E-state index in [9.17, 15) is 0 Å². The van der Waals surface area contributed by atoms with E-state index in [1.807, 2.05) is 0 Å². The van der Waals surface area contributed by atoms with Crippen molar-refractivity contribution in [2.75, 3.05) is 6.54 Å². The van der Waals surface area contributed by atoms with Crippen LogP contribution in [0.5, 0.6) is 0 Å². The van der Waals surface area contributed by atoms with Gasteiger partial charge in [0.2, 0.25) is 0 Å².